The van der Waals surface area contributed by atoms with E-state index in [-0.39, 0.29) is 17.1 Å². The summed E-state index contributed by atoms with van der Waals surface area (Å²) < 4.78 is 13.7. The molecule has 1 amide bonds. The maximum atomic E-state index is 13.7. The van der Waals surface area contributed by atoms with Gasteiger partial charge in [-0.15, -0.1) is 0 Å². The third kappa shape index (κ3) is 4.94. The van der Waals surface area contributed by atoms with Crippen molar-refractivity contribution in [1.29, 1.82) is 0 Å². The molecule has 2 N–H and O–H groups in total. The largest absolute Gasteiger partial charge is 0.380 e. The fourth-order valence-electron chi connectivity index (χ4n) is 2.72. The van der Waals surface area contributed by atoms with Crippen LogP contribution in [0.2, 0.25) is 0 Å². The Morgan fingerprint density at radius 1 is 0.964 bits per heavy atom. The number of rotatable bonds is 5. The number of amides is 1. The number of hydrogen-bond donors (Lipinski definition) is 2. The third-order valence-corrected chi connectivity index (χ3v) is 4.45. The molecule has 0 atom stereocenters. The van der Waals surface area contributed by atoms with E-state index in [1.54, 1.807) is 36.5 Å². The van der Waals surface area contributed by atoms with Gasteiger partial charge in [0.25, 0.3) is 5.91 Å². The second-order valence-corrected chi connectivity index (χ2v) is 7.66. The zero-order chi connectivity index (χ0) is 20.1. The van der Waals surface area contributed by atoms with E-state index in [1.165, 1.54) is 11.6 Å². The fourth-order valence-corrected chi connectivity index (χ4v) is 2.72. The highest BCUT2D eigenvalue weighted by Crippen LogP contribution is 2.23. The number of aromatic nitrogens is 1. The van der Waals surface area contributed by atoms with E-state index in [9.17, 15) is 9.18 Å². The summed E-state index contributed by atoms with van der Waals surface area (Å²) in [5, 5.41) is 5.95. The molecule has 0 unspecified atom stereocenters. The summed E-state index contributed by atoms with van der Waals surface area (Å²) in [6, 6.07) is 17.8. The van der Waals surface area contributed by atoms with Crippen molar-refractivity contribution < 1.29 is 9.18 Å². The molecule has 0 saturated carbocycles. The molecule has 4 nitrogen and oxygen atoms in total. The van der Waals surface area contributed by atoms with Gasteiger partial charge in [-0.3, -0.25) is 4.79 Å². The van der Waals surface area contributed by atoms with Gasteiger partial charge >= 0.3 is 0 Å². The molecule has 2 aromatic carbocycles. The molecule has 1 aromatic heterocycles. The van der Waals surface area contributed by atoms with Crippen molar-refractivity contribution in [3.8, 4) is 0 Å². The van der Waals surface area contributed by atoms with Crippen LogP contribution in [0.1, 0.15) is 42.4 Å². The Morgan fingerprint density at radius 2 is 1.64 bits per heavy atom. The predicted molar refractivity (Wildman–Crippen MR) is 111 cm³/mol. The Hall–Kier alpha value is -3.21. The van der Waals surface area contributed by atoms with Gasteiger partial charge in [-0.2, -0.15) is 0 Å². The van der Waals surface area contributed by atoms with Crippen LogP contribution in [0, 0.1) is 5.82 Å². The van der Waals surface area contributed by atoms with E-state index in [4.69, 9.17) is 0 Å². The van der Waals surface area contributed by atoms with Crippen molar-refractivity contribution in [2.75, 3.05) is 10.6 Å². The van der Waals surface area contributed by atoms with Crippen LogP contribution in [0.5, 0.6) is 0 Å². The third-order valence-electron chi connectivity index (χ3n) is 4.45. The van der Waals surface area contributed by atoms with Crippen molar-refractivity contribution in [1.82, 2.24) is 4.98 Å². The molecule has 0 aliphatic heterocycles. The topological polar surface area (TPSA) is 54.0 Å². The number of halogens is 1. The van der Waals surface area contributed by atoms with Gasteiger partial charge < -0.3 is 10.6 Å². The predicted octanol–water partition coefficient (Wildman–Crippen LogP) is 5.38. The molecule has 5 heteroatoms. The first-order chi connectivity index (χ1) is 13.3. The molecule has 0 saturated heterocycles. The maximum absolute atomic E-state index is 13.7. The number of benzene rings is 2. The lowest BCUT2D eigenvalue weighted by Gasteiger charge is -2.19. The van der Waals surface area contributed by atoms with Gasteiger partial charge in [0.1, 0.15) is 11.5 Å². The molecule has 1 heterocycles. The molecule has 0 aliphatic carbocycles. The van der Waals surface area contributed by atoms with Crippen molar-refractivity contribution >= 4 is 17.3 Å². The van der Waals surface area contributed by atoms with Crippen molar-refractivity contribution in [2.24, 2.45) is 0 Å². The minimum Gasteiger partial charge on any atom is -0.380 e. The van der Waals surface area contributed by atoms with Crippen LogP contribution in [0.15, 0.2) is 66.9 Å². The average molecular weight is 377 g/mol. The van der Waals surface area contributed by atoms with Gasteiger partial charge in [-0.05, 0) is 41.3 Å². The molecule has 144 valence electrons. The lowest BCUT2D eigenvalue weighted by molar-refractivity contribution is 0.102. The number of nitrogens with one attached hydrogen (secondary N) is 2. The van der Waals surface area contributed by atoms with Gasteiger partial charge in [0, 0.05) is 17.8 Å². The van der Waals surface area contributed by atoms with Crippen LogP contribution >= 0.6 is 0 Å². The molecular weight excluding hydrogens is 353 g/mol. The lowest BCUT2D eigenvalue weighted by atomic mass is 9.87. The first-order valence-electron chi connectivity index (χ1n) is 9.18. The summed E-state index contributed by atoms with van der Waals surface area (Å²) in [6.45, 7) is 6.78. The van der Waals surface area contributed by atoms with Gasteiger partial charge in [0.05, 0.1) is 11.9 Å². The summed E-state index contributed by atoms with van der Waals surface area (Å²) in [5.41, 5.74) is 3.60. The highest BCUT2D eigenvalue weighted by Gasteiger charge is 2.14. The van der Waals surface area contributed by atoms with Crippen LogP contribution in [-0.4, -0.2) is 10.9 Å². The summed E-state index contributed by atoms with van der Waals surface area (Å²) in [5.74, 6) is -0.527. The fraction of sp³-hybridized carbons (Fsp3) is 0.217. The average Bonchev–Trinajstić information content (AvgIpc) is 2.67. The standard InChI is InChI=1S/C23H24FN3O/c1-23(2,3)17-8-10-18(11-9-17)27-22(28)21-13-12-19(15-26-21)25-14-16-6-4-5-7-20(16)24/h4-13,15,25H,14H2,1-3H3,(H,27,28). The number of hydrogen-bond acceptors (Lipinski definition) is 3. The lowest BCUT2D eigenvalue weighted by Crippen LogP contribution is -2.15. The van der Waals surface area contributed by atoms with Gasteiger partial charge in [0.2, 0.25) is 0 Å². The molecule has 0 bridgehead atoms. The Balaban J connectivity index is 1.60. The van der Waals surface area contributed by atoms with Gasteiger partial charge in [-0.1, -0.05) is 51.1 Å². The van der Waals surface area contributed by atoms with Crippen molar-refractivity contribution in [3.05, 3.63) is 89.5 Å². The van der Waals surface area contributed by atoms with Crippen LogP contribution in [-0.2, 0) is 12.0 Å². The number of nitrogens with zero attached hydrogens (tertiary/aromatic N) is 1. The molecule has 0 fully saturated rings. The maximum Gasteiger partial charge on any atom is 0.274 e. The zero-order valence-corrected chi connectivity index (χ0v) is 16.3. The van der Waals surface area contributed by atoms with Crippen LogP contribution in [0.4, 0.5) is 15.8 Å². The summed E-state index contributed by atoms with van der Waals surface area (Å²) in [7, 11) is 0. The molecule has 3 aromatic rings. The molecule has 28 heavy (non-hydrogen) atoms. The first kappa shape index (κ1) is 19.5. The van der Waals surface area contributed by atoms with E-state index in [1.807, 2.05) is 24.3 Å². The normalized spacial score (nSPS) is 11.1. The SMILES string of the molecule is CC(C)(C)c1ccc(NC(=O)c2ccc(NCc3ccccc3F)cn2)cc1. The monoisotopic (exact) mass is 377 g/mol. The minimum absolute atomic E-state index is 0.0651. The summed E-state index contributed by atoms with van der Waals surface area (Å²) in [4.78, 5) is 16.6. The Morgan fingerprint density at radius 3 is 2.25 bits per heavy atom. The smallest absolute Gasteiger partial charge is 0.274 e. The number of anilines is 2. The number of pyridine rings is 1. The van der Waals surface area contributed by atoms with Crippen molar-refractivity contribution in [2.45, 2.75) is 32.7 Å². The zero-order valence-electron chi connectivity index (χ0n) is 16.3. The Kier molecular flexibility index (Phi) is 5.73. The van der Waals surface area contributed by atoms with Gasteiger partial charge in [0.15, 0.2) is 0 Å². The highest BCUT2D eigenvalue weighted by molar-refractivity contribution is 6.02. The minimum atomic E-state index is -0.274. The molecule has 0 radical (unpaired) electrons. The Bertz CT molecular complexity index is 945. The van der Waals surface area contributed by atoms with Crippen LogP contribution < -0.4 is 10.6 Å². The van der Waals surface area contributed by atoms with E-state index < -0.39 is 0 Å². The number of carbonyl (C=O) groups is 1. The van der Waals surface area contributed by atoms with Crippen LogP contribution in [0.25, 0.3) is 0 Å². The van der Waals surface area contributed by atoms with E-state index >= 15 is 0 Å². The van der Waals surface area contributed by atoms with E-state index in [2.05, 4.69) is 36.4 Å². The van der Waals surface area contributed by atoms with Crippen molar-refractivity contribution in [3.63, 3.8) is 0 Å². The van der Waals surface area contributed by atoms with Crippen LogP contribution in [0.3, 0.4) is 0 Å². The summed E-state index contributed by atoms with van der Waals surface area (Å²) >= 11 is 0. The quantitative estimate of drug-likeness (QED) is 0.627. The first-order valence-corrected chi connectivity index (χ1v) is 9.18. The van der Waals surface area contributed by atoms with Gasteiger partial charge in [-0.25, -0.2) is 9.37 Å². The molecular formula is C23H24FN3O. The summed E-state index contributed by atoms with van der Waals surface area (Å²) in [6.07, 6.45) is 1.57. The molecule has 0 aliphatic rings. The second-order valence-electron chi connectivity index (χ2n) is 7.66. The number of carbonyl (C=O) groups excluding carboxylic acids is 1. The molecule has 3 rings (SSSR count). The second kappa shape index (κ2) is 8.21. The van der Waals surface area contributed by atoms with E-state index in [0.29, 0.717) is 23.5 Å². The van der Waals surface area contributed by atoms with E-state index in [0.717, 1.165) is 5.69 Å². The molecule has 0 spiro atoms. The highest BCUT2D eigenvalue weighted by atomic mass is 19.1. The Labute approximate surface area is 164 Å².